The molecule has 12 aromatic rings. The van der Waals surface area contributed by atoms with E-state index in [9.17, 15) is 0 Å². The van der Waals surface area contributed by atoms with Gasteiger partial charge in [-0.3, -0.25) is 0 Å². The summed E-state index contributed by atoms with van der Waals surface area (Å²) in [5.74, 6) is 0. The van der Waals surface area contributed by atoms with Gasteiger partial charge in [-0.25, -0.2) is 0 Å². The van der Waals surface area contributed by atoms with Crippen LogP contribution < -0.4 is 4.90 Å². The average Bonchev–Trinajstić information content (AvgIpc) is 1.55. The molecule has 12 aromatic carbocycles. The molecule has 428 valence electrons. The molecule has 0 spiro atoms. The normalized spacial score (nSPS) is 18.0. The molecule has 3 aliphatic carbocycles. The fourth-order valence-corrected chi connectivity index (χ4v) is 15.8. The number of rotatable bonds is 9. The van der Waals surface area contributed by atoms with Gasteiger partial charge >= 0.3 is 0 Å². The van der Waals surface area contributed by atoms with Gasteiger partial charge in [0.25, 0.3) is 0 Å². The van der Waals surface area contributed by atoms with Crippen LogP contribution in [0.1, 0.15) is 146 Å². The Morgan fingerprint density at radius 1 is 0.205 bits per heavy atom. The minimum atomic E-state index is -0.631. The molecule has 1 nitrogen and oxygen atoms in total. The van der Waals surface area contributed by atoms with Crippen molar-refractivity contribution in [3.63, 3.8) is 0 Å². The third-order valence-electron chi connectivity index (χ3n) is 20.0. The predicted octanol–water partition coefficient (Wildman–Crippen LogP) is 22.1. The van der Waals surface area contributed by atoms with Crippen LogP contribution in [-0.2, 0) is 32.5 Å². The summed E-state index contributed by atoms with van der Waals surface area (Å²) in [6.45, 7) is 20.8. The third-order valence-corrected chi connectivity index (χ3v) is 20.0. The molecule has 3 unspecified atom stereocenters. The molecule has 0 amide bonds. The Labute approximate surface area is 521 Å². The first kappa shape index (κ1) is 55.0. The van der Waals surface area contributed by atoms with E-state index in [0.29, 0.717) is 0 Å². The summed E-state index contributed by atoms with van der Waals surface area (Å²) in [5, 5.41) is 0. The zero-order chi connectivity index (χ0) is 60.4. The zero-order valence-corrected chi connectivity index (χ0v) is 52.2. The van der Waals surface area contributed by atoms with Gasteiger partial charge in [0.05, 0.1) is 16.2 Å². The molecule has 0 saturated carbocycles. The highest BCUT2D eigenvalue weighted by molar-refractivity contribution is 5.94. The third kappa shape index (κ3) is 8.19. The fraction of sp³-hybridized carbons (Fsp3) is 0.172. The Kier molecular flexibility index (Phi) is 12.7. The monoisotopic (exact) mass is 1130 g/mol. The molecule has 0 aliphatic heterocycles. The Morgan fingerprint density at radius 3 is 0.670 bits per heavy atom. The average molecular weight is 1130 g/mol. The van der Waals surface area contributed by atoms with Crippen molar-refractivity contribution in [2.24, 2.45) is 0 Å². The molecule has 0 bridgehead atoms. The fourth-order valence-electron chi connectivity index (χ4n) is 15.8. The van der Waals surface area contributed by atoms with Crippen molar-refractivity contribution < 1.29 is 0 Å². The van der Waals surface area contributed by atoms with Gasteiger partial charge in [0.15, 0.2) is 0 Å². The summed E-state index contributed by atoms with van der Waals surface area (Å²) < 4.78 is 0. The second kappa shape index (κ2) is 20.3. The van der Waals surface area contributed by atoms with Gasteiger partial charge in [-0.15, -0.1) is 0 Å². The van der Waals surface area contributed by atoms with Crippen LogP contribution >= 0.6 is 0 Å². The first-order valence-corrected chi connectivity index (χ1v) is 31.6. The van der Waals surface area contributed by atoms with Crippen molar-refractivity contribution in [2.45, 2.75) is 94.8 Å². The number of benzene rings is 12. The van der Waals surface area contributed by atoms with Crippen molar-refractivity contribution in [3.05, 3.63) is 375 Å². The summed E-state index contributed by atoms with van der Waals surface area (Å²) >= 11 is 0. The second-order valence-corrected chi connectivity index (χ2v) is 28.0. The van der Waals surface area contributed by atoms with Gasteiger partial charge in [-0.2, -0.15) is 0 Å². The van der Waals surface area contributed by atoms with E-state index in [2.05, 4.69) is 358 Å². The smallest absolute Gasteiger partial charge is 0.0714 e. The molecule has 0 heterocycles. The van der Waals surface area contributed by atoms with Crippen LogP contribution in [0.5, 0.6) is 0 Å². The lowest BCUT2D eigenvalue weighted by Crippen LogP contribution is -2.30. The van der Waals surface area contributed by atoms with Crippen molar-refractivity contribution in [2.75, 3.05) is 4.90 Å². The molecular weight excluding hydrogens is 1060 g/mol. The lowest BCUT2D eigenvalue weighted by Gasteiger charge is -2.37. The summed E-state index contributed by atoms with van der Waals surface area (Å²) in [4.78, 5) is 2.59. The maximum Gasteiger partial charge on any atom is 0.0714 e. The van der Waals surface area contributed by atoms with E-state index in [0.717, 1.165) is 17.1 Å². The number of hydrogen-bond acceptors (Lipinski definition) is 1. The van der Waals surface area contributed by atoms with Crippen LogP contribution in [0.25, 0.3) is 33.4 Å². The molecule has 0 fully saturated rings. The maximum atomic E-state index is 2.59. The van der Waals surface area contributed by atoms with Gasteiger partial charge in [0, 0.05) is 17.1 Å². The van der Waals surface area contributed by atoms with Crippen LogP contribution in [0.15, 0.2) is 291 Å². The molecule has 0 aromatic heterocycles. The van der Waals surface area contributed by atoms with Crippen LogP contribution in [-0.4, -0.2) is 0 Å². The van der Waals surface area contributed by atoms with E-state index >= 15 is 0 Å². The van der Waals surface area contributed by atoms with Crippen molar-refractivity contribution in [3.8, 4) is 33.4 Å². The van der Waals surface area contributed by atoms with Crippen LogP contribution in [0.2, 0.25) is 0 Å². The van der Waals surface area contributed by atoms with E-state index in [1.165, 1.54) is 117 Å². The Morgan fingerprint density at radius 2 is 0.420 bits per heavy atom. The molecule has 0 radical (unpaired) electrons. The van der Waals surface area contributed by atoms with Crippen LogP contribution in [0.3, 0.4) is 0 Å². The van der Waals surface area contributed by atoms with E-state index in [4.69, 9.17) is 0 Å². The van der Waals surface area contributed by atoms with Gasteiger partial charge < -0.3 is 4.90 Å². The molecule has 3 atom stereocenters. The van der Waals surface area contributed by atoms with Gasteiger partial charge in [-0.1, -0.05) is 317 Å². The number of nitrogens with zero attached hydrogens (tertiary/aromatic N) is 1. The van der Waals surface area contributed by atoms with E-state index in [-0.39, 0.29) is 16.2 Å². The first-order chi connectivity index (χ1) is 42.5. The van der Waals surface area contributed by atoms with E-state index < -0.39 is 16.2 Å². The Balaban J connectivity index is 1.04. The Bertz CT molecular complexity index is 4150. The van der Waals surface area contributed by atoms with Gasteiger partial charge in [-0.05, 0) is 169 Å². The number of hydrogen-bond donors (Lipinski definition) is 0. The van der Waals surface area contributed by atoms with Gasteiger partial charge in [0.1, 0.15) is 0 Å². The quantitative estimate of drug-likeness (QED) is 0.139. The maximum absolute atomic E-state index is 2.59. The van der Waals surface area contributed by atoms with Crippen LogP contribution in [0.4, 0.5) is 17.1 Å². The molecular formula is C87H75N. The number of fused-ring (bicyclic) bond motifs is 9. The van der Waals surface area contributed by atoms with E-state index in [1.807, 2.05) is 0 Å². The Hall–Kier alpha value is -9.56. The minimum Gasteiger partial charge on any atom is -0.310 e. The molecule has 1 heteroatoms. The largest absolute Gasteiger partial charge is 0.310 e. The summed E-state index contributed by atoms with van der Waals surface area (Å²) in [6.07, 6.45) is 0. The highest BCUT2D eigenvalue weighted by Crippen LogP contribution is 2.62. The van der Waals surface area contributed by atoms with Crippen molar-refractivity contribution >= 4 is 17.1 Å². The van der Waals surface area contributed by atoms with E-state index in [1.54, 1.807) is 0 Å². The molecule has 0 N–H and O–H groups in total. The highest BCUT2D eigenvalue weighted by atomic mass is 15.1. The zero-order valence-electron chi connectivity index (χ0n) is 52.2. The minimum absolute atomic E-state index is 0.00594. The number of anilines is 3. The summed E-state index contributed by atoms with van der Waals surface area (Å²) in [7, 11) is 0. The molecule has 15 rings (SSSR count). The summed E-state index contributed by atoms with van der Waals surface area (Å²) in [5.41, 5.74) is 28.0. The standard InChI is InChI=1S/C87H75N/c1-82(2,3)58-37-43-64(44-38-58)85(61-25-13-10-14-26-61)76-34-22-19-31-70(76)73-52-49-67(55-79(73)85)88(68-50-53-74-71-32-20-23-35-77(71)86(80(74)56-68,62-27-15-11-16-28-62)65-45-39-59(40-46-65)83(4,5)6)69-51-54-75-72-33-21-24-36-78(72)87(81(75)57-69,63-29-17-12-18-30-63)66-47-41-60(42-48-66)84(7,8)9/h10-57H,1-9H3. The van der Waals surface area contributed by atoms with Gasteiger partial charge in [0.2, 0.25) is 0 Å². The van der Waals surface area contributed by atoms with Crippen molar-refractivity contribution in [1.29, 1.82) is 0 Å². The first-order valence-electron chi connectivity index (χ1n) is 31.6. The molecule has 3 aliphatic rings. The molecule has 0 saturated heterocycles. The molecule has 88 heavy (non-hydrogen) atoms. The van der Waals surface area contributed by atoms with Crippen LogP contribution in [0, 0.1) is 0 Å². The lowest BCUT2D eigenvalue weighted by molar-refractivity contribution is 0.589. The SMILES string of the molecule is CC(C)(C)c1ccc(C2(c3ccccc3)c3ccccc3-c3ccc(N(c4ccc5c(c4)C(c4ccccc4)(c4ccc(C(C)(C)C)cc4)c4ccccc4-5)c4ccc5c(c4)C(c4ccccc4)(c4ccc(C(C)(C)C)cc4)c4ccccc4-5)cc32)cc1. The predicted molar refractivity (Wildman–Crippen MR) is 369 cm³/mol. The highest BCUT2D eigenvalue weighted by Gasteiger charge is 2.50. The second-order valence-electron chi connectivity index (χ2n) is 28.0. The topological polar surface area (TPSA) is 3.24 Å². The van der Waals surface area contributed by atoms with Crippen molar-refractivity contribution in [1.82, 2.24) is 0 Å². The summed E-state index contributed by atoms with van der Waals surface area (Å²) in [6, 6.07) is 112. The lowest BCUT2D eigenvalue weighted by atomic mass is 9.67.